The van der Waals surface area contributed by atoms with E-state index in [9.17, 15) is 19.8 Å². The molecular formula is C16H13N5O4. The smallest absolute Gasteiger partial charge is 0.358 e. The number of nitrogens with zero attached hydrogens (tertiary/aromatic N) is 4. The molecule has 0 radical (unpaired) electrons. The van der Waals surface area contributed by atoms with Crippen LogP contribution in [0.25, 0.3) is 5.65 Å². The number of aromatic nitrogens is 2. The maximum absolute atomic E-state index is 11.4. The predicted octanol–water partition coefficient (Wildman–Crippen LogP) is 3.11. The van der Waals surface area contributed by atoms with Crippen molar-refractivity contribution in [3.8, 4) is 5.75 Å². The largest absolute Gasteiger partial charge is 0.504 e. The number of fused-ring (bicyclic) bond motifs is 1. The van der Waals surface area contributed by atoms with Gasteiger partial charge in [-0.3, -0.25) is 9.20 Å². The van der Waals surface area contributed by atoms with Crippen LogP contribution in [0.4, 0.5) is 17.2 Å². The first-order valence-corrected chi connectivity index (χ1v) is 7.18. The molecule has 1 amide bonds. The van der Waals surface area contributed by atoms with E-state index >= 15 is 0 Å². The lowest BCUT2D eigenvalue weighted by atomic mass is 10.3. The predicted molar refractivity (Wildman–Crippen MR) is 88.7 cm³/mol. The van der Waals surface area contributed by atoms with Crippen LogP contribution in [0, 0.1) is 0 Å². The summed E-state index contributed by atoms with van der Waals surface area (Å²) >= 11 is 0. The number of rotatable bonds is 4. The first kappa shape index (κ1) is 16.1. The van der Waals surface area contributed by atoms with Gasteiger partial charge in [0.2, 0.25) is 5.91 Å². The van der Waals surface area contributed by atoms with Crippen LogP contribution in [0.5, 0.6) is 5.75 Å². The Balaban J connectivity index is 2.04. The lowest BCUT2D eigenvalue weighted by Crippen LogP contribution is -2.05. The third kappa shape index (κ3) is 3.29. The van der Waals surface area contributed by atoms with Crippen molar-refractivity contribution in [3.63, 3.8) is 0 Å². The molecule has 0 saturated heterocycles. The second kappa shape index (κ2) is 6.40. The minimum atomic E-state index is -1.29. The molecule has 0 fully saturated rings. The number of carboxylic acids is 1. The zero-order valence-corrected chi connectivity index (χ0v) is 13.0. The second-order valence-corrected chi connectivity index (χ2v) is 5.11. The Morgan fingerprint density at radius 3 is 2.72 bits per heavy atom. The highest BCUT2D eigenvalue weighted by molar-refractivity contribution is 5.92. The molecule has 2 aromatic heterocycles. The number of azo groups is 1. The summed E-state index contributed by atoms with van der Waals surface area (Å²) in [5.74, 6) is -1.70. The zero-order valence-electron chi connectivity index (χ0n) is 13.0. The topological polar surface area (TPSA) is 129 Å². The van der Waals surface area contributed by atoms with E-state index in [4.69, 9.17) is 0 Å². The lowest BCUT2D eigenvalue weighted by molar-refractivity contribution is -0.114. The van der Waals surface area contributed by atoms with E-state index in [1.54, 1.807) is 24.3 Å². The molecule has 25 heavy (non-hydrogen) atoms. The molecule has 0 aliphatic carbocycles. The van der Waals surface area contributed by atoms with Gasteiger partial charge in [0, 0.05) is 18.8 Å². The fourth-order valence-electron chi connectivity index (χ4n) is 2.23. The van der Waals surface area contributed by atoms with Gasteiger partial charge in [-0.15, -0.1) is 10.2 Å². The molecule has 1 aromatic carbocycles. The number of aromatic hydroxyl groups is 1. The molecule has 3 N–H and O–H groups in total. The molecule has 3 aromatic rings. The number of anilines is 1. The monoisotopic (exact) mass is 339 g/mol. The van der Waals surface area contributed by atoms with E-state index in [0.29, 0.717) is 11.4 Å². The van der Waals surface area contributed by atoms with Crippen molar-refractivity contribution in [1.29, 1.82) is 0 Å². The summed E-state index contributed by atoms with van der Waals surface area (Å²) in [7, 11) is 0. The van der Waals surface area contributed by atoms with Gasteiger partial charge in [0.25, 0.3) is 0 Å². The van der Waals surface area contributed by atoms with Crippen LogP contribution < -0.4 is 5.32 Å². The molecule has 0 unspecified atom stereocenters. The first-order chi connectivity index (χ1) is 12.0. The maximum Gasteiger partial charge on any atom is 0.358 e. The fraction of sp³-hybridized carbons (Fsp3) is 0.0625. The lowest BCUT2D eigenvalue weighted by Gasteiger charge is -2.02. The Hall–Kier alpha value is -3.75. The second-order valence-electron chi connectivity index (χ2n) is 5.11. The Kier molecular flexibility index (Phi) is 4.12. The van der Waals surface area contributed by atoms with E-state index < -0.39 is 5.97 Å². The van der Waals surface area contributed by atoms with Crippen molar-refractivity contribution < 1.29 is 19.8 Å². The first-order valence-electron chi connectivity index (χ1n) is 7.18. The van der Waals surface area contributed by atoms with Crippen molar-refractivity contribution >= 4 is 34.7 Å². The zero-order chi connectivity index (χ0) is 18.0. The minimum Gasteiger partial charge on any atom is -0.504 e. The van der Waals surface area contributed by atoms with Crippen LogP contribution >= 0.6 is 0 Å². The van der Waals surface area contributed by atoms with Crippen molar-refractivity contribution in [2.24, 2.45) is 10.2 Å². The molecule has 3 rings (SSSR count). The van der Waals surface area contributed by atoms with E-state index in [1.165, 1.54) is 29.7 Å². The van der Waals surface area contributed by atoms with E-state index in [0.717, 1.165) is 0 Å². The number of aromatic carboxylic acids is 1. The highest BCUT2D eigenvalue weighted by Gasteiger charge is 2.19. The van der Waals surface area contributed by atoms with Gasteiger partial charge in [-0.05, 0) is 30.3 Å². The fourth-order valence-corrected chi connectivity index (χ4v) is 2.23. The molecule has 0 aliphatic heterocycles. The van der Waals surface area contributed by atoms with Crippen LogP contribution in [-0.2, 0) is 4.79 Å². The maximum atomic E-state index is 11.4. The molecule has 2 heterocycles. The van der Waals surface area contributed by atoms with Gasteiger partial charge >= 0.3 is 5.97 Å². The third-order valence-corrected chi connectivity index (χ3v) is 3.23. The van der Waals surface area contributed by atoms with Crippen molar-refractivity contribution in [1.82, 2.24) is 9.38 Å². The number of carboxylic acid groups (broad SMARTS) is 1. The van der Waals surface area contributed by atoms with Gasteiger partial charge in [-0.2, -0.15) is 0 Å². The van der Waals surface area contributed by atoms with Crippen LogP contribution in [0.2, 0.25) is 0 Å². The normalized spacial score (nSPS) is 11.1. The Labute approximate surface area is 141 Å². The number of hydrogen-bond acceptors (Lipinski definition) is 6. The number of carbonyl (C=O) groups excluding carboxylic acids is 1. The summed E-state index contributed by atoms with van der Waals surface area (Å²) < 4.78 is 1.33. The van der Waals surface area contributed by atoms with Gasteiger partial charge in [-0.25, -0.2) is 9.78 Å². The number of nitrogens with one attached hydrogen (secondary N) is 1. The Morgan fingerprint density at radius 1 is 1.20 bits per heavy atom. The van der Waals surface area contributed by atoms with Gasteiger partial charge in [0.1, 0.15) is 0 Å². The summed E-state index contributed by atoms with van der Waals surface area (Å²) in [6.45, 7) is 1.39. The van der Waals surface area contributed by atoms with Gasteiger partial charge in [-0.1, -0.05) is 6.07 Å². The van der Waals surface area contributed by atoms with E-state index in [2.05, 4.69) is 20.5 Å². The number of hydrogen-bond donors (Lipinski definition) is 3. The standard InChI is InChI=1S/C16H13N5O4/c1-9(22)17-10-4-2-5-11(8-10)19-20-15-13(16(24)25)18-14-12(23)6-3-7-21(14)15/h2-8,23H,1H3,(H,17,22)(H,24,25). The molecular weight excluding hydrogens is 326 g/mol. The van der Waals surface area contributed by atoms with Crippen molar-refractivity contribution in [3.05, 3.63) is 48.3 Å². The average Bonchev–Trinajstić information content (AvgIpc) is 2.93. The molecule has 9 nitrogen and oxygen atoms in total. The van der Waals surface area contributed by atoms with Gasteiger partial charge in [0.05, 0.1) is 5.69 Å². The van der Waals surface area contributed by atoms with E-state index in [1.807, 2.05) is 0 Å². The number of pyridine rings is 1. The van der Waals surface area contributed by atoms with Crippen LogP contribution in [0.1, 0.15) is 17.4 Å². The molecule has 0 spiro atoms. The van der Waals surface area contributed by atoms with Crippen molar-refractivity contribution in [2.75, 3.05) is 5.32 Å². The molecule has 0 saturated carbocycles. The van der Waals surface area contributed by atoms with Gasteiger partial charge in [0.15, 0.2) is 22.9 Å². The Bertz CT molecular complexity index is 1010. The summed E-state index contributed by atoms with van der Waals surface area (Å²) in [4.78, 5) is 26.4. The van der Waals surface area contributed by atoms with Crippen LogP contribution in [0.15, 0.2) is 52.8 Å². The molecule has 0 bridgehead atoms. The number of benzene rings is 1. The molecule has 0 atom stereocenters. The average molecular weight is 339 g/mol. The highest BCUT2D eigenvalue weighted by Crippen LogP contribution is 2.28. The van der Waals surface area contributed by atoms with Crippen LogP contribution in [-0.4, -0.2) is 31.5 Å². The molecule has 126 valence electrons. The summed E-state index contributed by atoms with van der Waals surface area (Å²) in [6.07, 6.45) is 1.52. The van der Waals surface area contributed by atoms with Gasteiger partial charge < -0.3 is 15.5 Å². The van der Waals surface area contributed by atoms with Crippen molar-refractivity contribution in [2.45, 2.75) is 6.92 Å². The van der Waals surface area contributed by atoms with E-state index in [-0.39, 0.29) is 28.8 Å². The highest BCUT2D eigenvalue weighted by atomic mass is 16.4. The number of imidazole rings is 1. The molecule has 9 heteroatoms. The summed E-state index contributed by atoms with van der Waals surface area (Å²) in [5.41, 5.74) is 0.694. The third-order valence-electron chi connectivity index (χ3n) is 3.23. The minimum absolute atomic E-state index is 0.0247. The van der Waals surface area contributed by atoms with Crippen LogP contribution in [0.3, 0.4) is 0 Å². The SMILES string of the molecule is CC(=O)Nc1cccc(N=Nc2c(C(=O)O)nc3c(O)cccn23)c1. The number of carbonyl (C=O) groups is 2. The number of amides is 1. The quantitative estimate of drug-likeness (QED) is 0.629. The molecule has 0 aliphatic rings. The Morgan fingerprint density at radius 2 is 2.00 bits per heavy atom. The summed E-state index contributed by atoms with van der Waals surface area (Å²) in [5, 5.41) is 29.7. The summed E-state index contributed by atoms with van der Waals surface area (Å²) in [6, 6.07) is 9.53.